The molecule has 150 valence electrons. The molecule has 1 aliphatic heterocycles. The maximum Gasteiger partial charge on any atom is 0.273 e. The van der Waals surface area contributed by atoms with Gasteiger partial charge in [0.25, 0.3) is 5.91 Å². The predicted molar refractivity (Wildman–Crippen MR) is 110 cm³/mol. The van der Waals surface area contributed by atoms with Crippen molar-refractivity contribution in [2.24, 2.45) is 0 Å². The smallest absolute Gasteiger partial charge is 0.273 e. The Hall–Kier alpha value is -3.19. The van der Waals surface area contributed by atoms with Crippen LogP contribution in [0.1, 0.15) is 40.5 Å². The monoisotopic (exact) mass is 391 g/mol. The molecule has 2 aromatic carbocycles. The minimum atomic E-state index is -0.240. The van der Waals surface area contributed by atoms with Crippen LogP contribution in [0.3, 0.4) is 0 Å². The van der Waals surface area contributed by atoms with Crippen LogP contribution in [0.2, 0.25) is 0 Å². The molecule has 1 saturated heterocycles. The van der Waals surface area contributed by atoms with Gasteiger partial charge in [-0.25, -0.2) is 4.68 Å². The van der Waals surface area contributed by atoms with Crippen molar-refractivity contribution in [2.45, 2.75) is 32.4 Å². The molecular formula is C22H25N5O2. The van der Waals surface area contributed by atoms with E-state index in [0.29, 0.717) is 18.3 Å². The average Bonchev–Trinajstić information content (AvgIpc) is 3.24. The number of hydrogen-bond acceptors (Lipinski definition) is 5. The van der Waals surface area contributed by atoms with Crippen LogP contribution in [0.25, 0.3) is 0 Å². The summed E-state index contributed by atoms with van der Waals surface area (Å²) in [5, 5.41) is 14.5. The summed E-state index contributed by atoms with van der Waals surface area (Å²) in [5.74, 6) is 1.25. The Bertz CT molecular complexity index is 979. The van der Waals surface area contributed by atoms with E-state index in [9.17, 15) is 4.79 Å². The van der Waals surface area contributed by atoms with Crippen molar-refractivity contribution < 1.29 is 9.53 Å². The average molecular weight is 391 g/mol. The first-order valence-electron chi connectivity index (χ1n) is 9.92. The van der Waals surface area contributed by atoms with Gasteiger partial charge in [0.2, 0.25) is 0 Å². The number of nitrogens with one attached hydrogen (secondary N) is 2. The van der Waals surface area contributed by atoms with Crippen LogP contribution >= 0.6 is 0 Å². The van der Waals surface area contributed by atoms with E-state index in [4.69, 9.17) is 4.74 Å². The highest BCUT2D eigenvalue weighted by Gasteiger charge is 2.19. The molecule has 2 N–H and O–H groups in total. The number of para-hydroxylation sites is 1. The summed E-state index contributed by atoms with van der Waals surface area (Å²) in [6.45, 7) is 4.30. The molecule has 0 bridgehead atoms. The third-order valence-electron chi connectivity index (χ3n) is 5.06. The SMILES string of the molecule is Cc1cccc(Oc2ccccc2CNC(=O)c2cn(C3CCNCC3)nn2)c1. The summed E-state index contributed by atoms with van der Waals surface area (Å²) >= 11 is 0. The molecule has 0 saturated carbocycles. The van der Waals surface area contributed by atoms with E-state index < -0.39 is 0 Å². The lowest BCUT2D eigenvalue weighted by Gasteiger charge is -2.22. The van der Waals surface area contributed by atoms with Crippen LogP contribution in [-0.2, 0) is 6.54 Å². The highest BCUT2D eigenvalue weighted by atomic mass is 16.5. The minimum Gasteiger partial charge on any atom is -0.457 e. The van der Waals surface area contributed by atoms with E-state index >= 15 is 0 Å². The summed E-state index contributed by atoms with van der Waals surface area (Å²) in [5.41, 5.74) is 2.36. The van der Waals surface area contributed by atoms with Crippen molar-refractivity contribution in [1.82, 2.24) is 25.6 Å². The number of hydrogen-bond donors (Lipinski definition) is 2. The highest BCUT2D eigenvalue weighted by Crippen LogP contribution is 2.26. The maximum atomic E-state index is 12.5. The normalized spacial score (nSPS) is 14.5. The van der Waals surface area contributed by atoms with Gasteiger partial charge in [-0.2, -0.15) is 0 Å². The van der Waals surface area contributed by atoms with E-state index in [1.54, 1.807) is 6.20 Å². The number of benzene rings is 2. The molecule has 1 aromatic heterocycles. The first-order valence-corrected chi connectivity index (χ1v) is 9.92. The Kier molecular flexibility index (Phi) is 5.86. The Morgan fingerprint density at radius 2 is 2.03 bits per heavy atom. The standard InChI is InChI=1S/C22H25N5O2/c1-16-5-4-7-19(13-16)29-21-8-3-2-6-17(21)14-24-22(28)20-15-27(26-25-20)18-9-11-23-12-10-18/h2-8,13,15,18,23H,9-12,14H2,1H3,(H,24,28). The molecule has 2 heterocycles. The van der Waals surface area contributed by atoms with E-state index in [0.717, 1.165) is 48.6 Å². The van der Waals surface area contributed by atoms with Crippen molar-refractivity contribution in [2.75, 3.05) is 13.1 Å². The topological polar surface area (TPSA) is 81.1 Å². The lowest BCUT2D eigenvalue weighted by Crippen LogP contribution is -2.29. The van der Waals surface area contributed by atoms with Gasteiger partial charge in [-0.15, -0.1) is 5.10 Å². The van der Waals surface area contributed by atoms with Crippen LogP contribution in [0.4, 0.5) is 0 Å². The zero-order valence-corrected chi connectivity index (χ0v) is 16.5. The fraction of sp³-hybridized carbons (Fsp3) is 0.318. The van der Waals surface area contributed by atoms with Crippen molar-refractivity contribution >= 4 is 5.91 Å². The fourth-order valence-electron chi connectivity index (χ4n) is 3.45. The molecule has 7 nitrogen and oxygen atoms in total. The quantitative estimate of drug-likeness (QED) is 0.674. The molecule has 0 aliphatic carbocycles. The minimum absolute atomic E-state index is 0.240. The summed E-state index contributed by atoms with van der Waals surface area (Å²) in [6.07, 6.45) is 3.72. The number of ether oxygens (including phenoxy) is 1. The molecule has 3 aromatic rings. The summed E-state index contributed by atoms with van der Waals surface area (Å²) in [4.78, 5) is 12.5. The second-order valence-corrected chi connectivity index (χ2v) is 7.27. The third kappa shape index (κ3) is 4.81. The summed E-state index contributed by atoms with van der Waals surface area (Å²) < 4.78 is 7.83. The zero-order valence-electron chi connectivity index (χ0n) is 16.5. The number of aryl methyl sites for hydroxylation is 1. The van der Waals surface area contributed by atoms with Crippen molar-refractivity contribution in [3.05, 3.63) is 71.5 Å². The van der Waals surface area contributed by atoms with E-state index in [1.165, 1.54) is 0 Å². The predicted octanol–water partition coefficient (Wildman–Crippen LogP) is 3.23. The molecule has 7 heteroatoms. The number of carbonyl (C=O) groups is 1. The Labute approximate surface area is 170 Å². The van der Waals surface area contributed by atoms with Crippen LogP contribution < -0.4 is 15.4 Å². The molecule has 0 unspecified atom stereocenters. The van der Waals surface area contributed by atoms with E-state index in [-0.39, 0.29) is 5.91 Å². The van der Waals surface area contributed by atoms with Gasteiger partial charge in [-0.05, 0) is 56.6 Å². The van der Waals surface area contributed by atoms with Gasteiger partial charge >= 0.3 is 0 Å². The molecule has 29 heavy (non-hydrogen) atoms. The second-order valence-electron chi connectivity index (χ2n) is 7.27. The van der Waals surface area contributed by atoms with Gasteiger partial charge in [0.05, 0.1) is 12.2 Å². The first kappa shape index (κ1) is 19.1. The van der Waals surface area contributed by atoms with Crippen LogP contribution in [-0.4, -0.2) is 34.0 Å². The Morgan fingerprint density at radius 3 is 2.86 bits per heavy atom. The van der Waals surface area contributed by atoms with Gasteiger partial charge in [0.15, 0.2) is 5.69 Å². The van der Waals surface area contributed by atoms with Crippen molar-refractivity contribution in [3.63, 3.8) is 0 Å². The molecular weight excluding hydrogens is 366 g/mol. The van der Waals surface area contributed by atoms with Crippen molar-refractivity contribution in [3.8, 4) is 11.5 Å². The Balaban J connectivity index is 1.40. The molecule has 1 aliphatic rings. The second kappa shape index (κ2) is 8.87. The molecule has 0 atom stereocenters. The largest absolute Gasteiger partial charge is 0.457 e. The number of piperidine rings is 1. The van der Waals surface area contributed by atoms with Gasteiger partial charge in [-0.1, -0.05) is 35.5 Å². The van der Waals surface area contributed by atoms with Crippen LogP contribution in [0.5, 0.6) is 11.5 Å². The molecule has 1 amide bonds. The number of amides is 1. The lowest BCUT2D eigenvalue weighted by atomic mass is 10.1. The molecule has 0 radical (unpaired) electrons. The van der Waals surface area contributed by atoms with Gasteiger partial charge in [-0.3, -0.25) is 4.79 Å². The maximum absolute atomic E-state index is 12.5. The number of carbonyl (C=O) groups excluding carboxylic acids is 1. The summed E-state index contributed by atoms with van der Waals surface area (Å²) in [7, 11) is 0. The van der Waals surface area contributed by atoms with Gasteiger partial charge < -0.3 is 15.4 Å². The summed E-state index contributed by atoms with van der Waals surface area (Å²) in [6, 6.07) is 15.9. The van der Waals surface area contributed by atoms with Crippen LogP contribution in [0.15, 0.2) is 54.7 Å². The first-order chi connectivity index (χ1) is 14.2. The number of rotatable bonds is 6. The molecule has 1 fully saturated rings. The lowest BCUT2D eigenvalue weighted by molar-refractivity contribution is 0.0945. The van der Waals surface area contributed by atoms with Crippen molar-refractivity contribution in [1.29, 1.82) is 0 Å². The number of nitrogens with zero attached hydrogens (tertiary/aromatic N) is 3. The van der Waals surface area contributed by atoms with E-state index in [2.05, 4.69) is 20.9 Å². The van der Waals surface area contributed by atoms with Gasteiger partial charge in [0, 0.05) is 12.1 Å². The third-order valence-corrected chi connectivity index (χ3v) is 5.06. The molecule has 4 rings (SSSR count). The fourth-order valence-corrected chi connectivity index (χ4v) is 3.45. The highest BCUT2D eigenvalue weighted by molar-refractivity contribution is 5.91. The molecule has 0 spiro atoms. The number of aromatic nitrogens is 3. The van der Waals surface area contributed by atoms with Crippen LogP contribution in [0, 0.1) is 6.92 Å². The Morgan fingerprint density at radius 1 is 1.21 bits per heavy atom. The van der Waals surface area contributed by atoms with E-state index in [1.807, 2.05) is 60.1 Å². The van der Waals surface area contributed by atoms with Gasteiger partial charge in [0.1, 0.15) is 11.5 Å². The zero-order chi connectivity index (χ0) is 20.1.